The molecule has 21 heavy (non-hydrogen) atoms. The fourth-order valence-corrected chi connectivity index (χ4v) is 4.29. The average molecular weight is 315 g/mol. The van der Waals surface area contributed by atoms with E-state index in [0.29, 0.717) is 11.7 Å². The highest BCUT2D eigenvalue weighted by Crippen LogP contribution is 2.33. The summed E-state index contributed by atoms with van der Waals surface area (Å²) in [6, 6.07) is 0.351. The molecule has 0 saturated carbocycles. The number of unbranched alkanes of at least 4 members (excludes halogenated alkanes) is 1. The maximum Gasteiger partial charge on any atom is 0.323 e. The number of hydrogen-bond acceptors (Lipinski definition) is 4. The minimum atomic E-state index is -0.997. The van der Waals surface area contributed by atoms with Gasteiger partial charge in [-0.3, -0.25) is 9.59 Å². The Morgan fingerprint density at radius 3 is 2.86 bits per heavy atom. The van der Waals surface area contributed by atoms with Crippen LogP contribution in [0, 0.1) is 0 Å². The molecular formula is C13H21N3O4S. The Morgan fingerprint density at radius 2 is 2.14 bits per heavy atom. The molecule has 7 nitrogen and oxygen atoms in total. The molecule has 2 rings (SSSR count). The third kappa shape index (κ3) is 4.26. The summed E-state index contributed by atoms with van der Waals surface area (Å²) in [5.74, 6) is -0.192. The summed E-state index contributed by atoms with van der Waals surface area (Å²) in [6.07, 6.45) is 2.99. The van der Waals surface area contributed by atoms with E-state index in [9.17, 15) is 14.4 Å². The van der Waals surface area contributed by atoms with Crippen molar-refractivity contribution in [2.24, 2.45) is 0 Å². The van der Waals surface area contributed by atoms with Gasteiger partial charge in [-0.1, -0.05) is 6.42 Å². The Morgan fingerprint density at radius 1 is 1.38 bits per heavy atom. The predicted octanol–water partition coefficient (Wildman–Crippen LogP) is 0.255. The van der Waals surface area contributed by atoms with Gasteiger partial charge in [0, 0.05) is 24.5 Å². The second-order valence-electron chi connectivity index (χ2n) is 5.51. The Balaban J connectivity index is 1.63. The number of carbonyl (C=O) groups excluding carboxylic acids is 2. The van der Waals surface area contributed by atoms with Crippen molar-refractivity contribution in [3.63, 3.8) is 0 Å². The van der Waals surface area contributed by atoms with Crippen LogP contribution in [0.3, 0.4) is 0 Å². The lowest BCUT2D eigenvalue weighted by Gasteiger charge is -2.17. The number of rotatable bonds is 7. The van der Waals surface area contributed by atoms with Crippen molar-refractivity contribution < 1.29 is 19.5 Å². The van der Waals surface area contributed by atoms with Gasteiger partial charge in [0.2, 0.25) is 5.91 Å². The van der Waals surface area contributed by atoms with Gasteiger partial charge in [0.05, 0.1) is 12.1 Å². The molecular weight excluding hydrogens is 294 g/mol. The van der Waals surface area contributed by atoms with Crippen molar-refractivity contribution >= 4 is 29.7 Å². The number of amides is 3. The van der Waals surface area contributed by atoms with Crippen LogP contribution in [0.2, 0.25) is 0 Å². The first kappa shape index (κ1) is 15.9. The van der Waals surface area contributed by atoms with Gasteiger partial charge < -0.3 is 20.6 Å². The molecule has 0 bridgehead atoms. The zero-order valence-corrected chi connectivity index (χ0v) is 12.8. The van der Waals surface area contributed by atoms with Gasteiger partial charge in [-0.25, -0.2) is 4.79 Å². The van der Waals surface area contributed by atoms with Gasteiger partial charge in [0.25, 0.3) is 0 Å². The highest BCUT2D eigenvalue weighted by atomic mass is 32.2. The number of carboxylic acids is 1. The fraction of sp³-hybridized carbons (Fsp3) is 0.769. The van der Waals surface area contributed by atoms with Gasteiger partial charge in [0.1, 0.15) is 6.54 Å². The van der Waals surface area contributed by atoms with Crippen molar-refractivity contribution in [3.8, 4) is 0 Å². The number of aliphatic carboxylic acids is 1. The summed E-state index contributed by atoms with van der Waals surface area (Å²) in [6.45, 7) is -0.251. The predicted molar refractivity (Wildman–Crippen MR) is 79.2 cm³/mol. The maximum atomic E-state index is 11.7. The second-order valence-corrected chi connectivity index (χ2v) is 6.78. The zero-order chi connectivity index (χ0) is 15.4. The molecule has 3 atom stereocenters. The number of carbonyl (C=O) groups is 3. The van der Waals surface area contributed by atoms with Crippen LogP contribution < -0.4 is 10.6 Å². The van der Waals surface area contributed by atoms with E-state index in [4.69, 9.17) is 5.11 Å². The van der Waals surface area contributed by atoms with Crippen LogP contribution in [0.4, 0.5) is 4.79 Å². The molecule has 0 radical (unpaired) electrons. The summed E-state index contributed by atoms with van der Waals surface area (Å²) < 4.78 is 0. The Hall–Kier alpha value is -1.44. The van der Waals surface area contributed by atoms with Crippen LogP contribution >= 0.6 is 11.8 Å². The summed E-state index contributed by atoms with van der Waals surface area (Å²) in [5.41, 5.74) is 0. The first-order chi connectivity index (χ1) is 9.97. The minimum Gasteiger partial charge on any atom is -0.480 e. The number of hydrogen-bond donors (Lipinski definition) is 3. The lowest BCUT2D eigenvalue weighted by atomic mass is 10.0. The topological polar surface area (TPSA) is 98.7 Å². The smallest absolute Gasteiger partial charge is 0.323 e. The number of fused-ring (bicyclic) bond motifs is 1. The van der Waals surface area contributed by atoms with Crippen LogP contribution in [-0.2, 0) is 9.59 Å². The highest BCUT2D eigenvalue weighted by Gasteiger charge is 2.42. The summed E-state index contributed by atoms with van der Waals surface area (Å²) in [5, 5.41) is 14.9. The molecule has 0 aromatic heterocycles. The van der Waals surface area contributed by atoms with E-state index in [1.807, 2.05) is 11.8 Å². The van der Waals surface area contributed by atoms with Gasteiger partial charge in [-0.2, -0.15) is 11.8 Å². The number of carboxylic acid groups (broad SMARTS) is 1. The van der Waals surface area contributed by atoms with Crippen molar-refractivity contribution in [2.45, 2.75) is 43.0 Å². The molecule has 3 amide bonds. The first-order valence-electron chi connectivity index (χ1n) is 7.12. The minimum absolute atomic E-state index is 0.0826. The van der Waals surface area contributed by atoms with Gasteiger partial charge in [0.15, 0.2) is 0 Å². The Labute approximate surface area is 127 Å². The molecule has 0 aromatic rings. The number of urea groups is 1. The zero-order valence-electron chi connectivity index (χ0n) is 12.0. The fourth-order valence-electron chi connectivity index (χ4n) is 2.75. The van der Waals surface area contributed by atoms with E-state index in [0.717, 1.165) is 25.0 Å². The molecule has 2 heterocycles. The molecule has 2 aliphatic rings. The van der Waals surface area contributed by atoms with Crippen LogP contribution in [0.1, 0.15) is 25.7 Å². The first-order valence-corrected chi connectivity index (χ1v) is 8.16. The lowest BCUT2D eigenvalue weighted by molar-refractivity contribution is -0.143. The second kappa shape index (κ2) is 7.02. The third-order valence-corrected chi connectivity index (χ3v) is 5.37. The molecule has 2 aliphatic heterocycles. The number of nitrogens with zero attached hydrogens (tertiary/aromatic N) is 1. The van der Waals surface area contributed by atoms with E-state index >= 15 is 0 Å². The Bertz CT molecular complexity index is 432. The standard InChI is InChI=1S/C13H21N3O4S/c1-16(6-11(18)19)10(17)5-3-2-4-9-12-8(7-21-9)14-13(20)15-12/h8-9,12H,2-7H2,1H3,(H,18,19)(H2,14,15,20)/t8-,9+,12+/m1/s1. The van der Waals surface area contributed by atoms with Crippen molar-refractivity contribution in [3.05, 3.63) is 0 Å². The summed E-state index contributed by atoms with van der Waals surface area (Å²) >= 11 is 1.86. The quantitative estimate of drug-likeness (QED) is 0.462. The molecule has 0 aromatic carbocycles. The Kier molecular flexibility index (Phi) is 5.33. The average Bonchev–Trinajstić information content (AvgIpc) is 2.93. The molecule has 0 unspecified atom stereocenters. The van der Waals surface area contributed by atoms with E-state index in [1.165, 1.54) is 11.9 Å². The number of nitrogens with one attached hydrogen (secondary N) is 2. The van der Waals surface area contributed by atoms with Crippen LogP contribution in [0.25, 0.3) is 0 Å². The van der Waals surface area contributed by atoms with Crippen molar-refractivity contribution in [1.29, 1.82) is 0 Å². The molecule has 3 N–H and O–H groups in total. The highest BCUT2D eigenvalue weighted by molar-refractivity contribution is 8.00. The maximum absolute atomic E-state index is 11.7. The van der Waals surface area contributed by atoms with Gasteiger partial charge >= 0.3 is 12.0 Å². The van der Waals surface area contributed by atoms with Crippen molar-refractivity contribution in [1.82, 2.24) is 15.5 Å². The molecule has 2 saturated heterocycles. The van der Waals surface area contributed by atoms with Crippen LogP contribution in [-0.4, -0.2) is 64.6 Å². The van der Waals surface area contributed by atoms with Crippen LogP contribution in [0.15, 0.2) is 0 Å². The largest absolute Gasteiger partial charge is 0.480 e. The summed E-state index contributed by atoms with van der Waals surface area (Å²) in [7, 11) is 1.51. The van der Waals surface area contributed by atoms with E-state index in [-0.39, 0.29) is 30.6 Å². The van der Waals surface area contributed by atoms with Gasteiger partial charge in [-0.05, 0) is 12.8 Å². The summed E-state index contributed by atoms with van der Waals surface area (Å²) in [4.78, 5) is 34.7. The SMILES string of the molecule is CN(CC(=O)O)C(=O)CCCC[C@@H]1SC[C@H]2NC(=O)N[C@H]12. The normalized spacial score (nSPS) is 26.9. The molecule has 118 valence electrons. The van der Waals surface area contributed by atoms with E-state index in [1.54, 1.807) is 0 Å². The molecule has 2 fully saturated rings. The van der Waals surface area contributed by atoms with Crippen LogP contribution in [0.5, 0.6) is 0 Å². The van der Waals surface area contributed by atoms with E-state index < -0.39 is 5.97 Å². The molecule has 0 aliphatic carbocycles. The monoisotopic (exact) mass is 315 g/mol. The van der Waals surface area contributed by atoms with Gasteiger partial charge in [-0.15, -0.1) is 0 Å². The lowest BCUT2D eigenvalue weighted by Crippen LogP contribution is -2.36. The molecule has 0 spiro atoms. The third-order valence-electron chi connectivity index (χ3n) is 3.87. The van der Waals surface area contributed by atoms with E-state index in [2.05, 4.69) is 10.6 Å². The number of likely N-dealkylation sites (N-methyl/N-ethyl adjacent to an activating group) is 1. The van der Waals surface area contributed by atoms with Crippen molar-refractivity contribution in [2.75, 3.05) is 19.3 Å². The molecule has 8 heteroatoms. The number of thioether (sulfide) groups is 1.